The third-order valence-corrected chi connectivity index (χ3v) is 4.01. The summed E-state index contributed by atoms with van der Waals surface area (Å²) in [7, 11) is 0. The molecule has 0 saturated heterocycles. The highest BCUT2D eigenvalue weighted by Gasteiger charge is 2.18. The van der Waals surface area contributed by atoms with E-state index in [1.165, 1.54) is 4.88 Å². The maximum Gasteiger partial charge on any atom is 0.407 e. The Bertz CT molecular complexity index is 410. The minimum absolute atomic E-state index is 0.341. The van der Waals surface area contributed by atoms with Crippen LogP contribution in [0.1, 0.15) is 39.5 Å². The molecule has 5 heteroatoms. The monoisotopic (exact) mass is 312 g/mol. The number of hydrogen-bond donors (Lipinski definition) is 2. The molecule has 0 radical (unpaired) electrons. The van der Waals surface area contributed by atoms with Gasteiger partial charge in [-0.05, 0) is 44.1 Å². The van der Waals surface area contributed by atoms with E-state index in [2.05, 4.69) is 42.0 Å². The van der Waals surface area contributed by atoms with Gasteiger partial charge in [-0.25, -0.2) is 4.79 Å². The van der Waals surface area contributed by atoms with Crippen LogP contribution < -0.4 is 10.6 Å². The number of hydrogen-bond acceptors (Lipinski definition) is 4. The molecule has 0 bridgehead atoms. The largest absolute Gasteiger partial charge is 0.444 e. The van der Waals surface area contributed by atoms with Gasteiger partial charge in [0.2, 0.25) is 0 Å². The van der Waals surface area contributed by atoms with Gasteiger partial charge in [0.1, 0.15) is 5.60 Å². The molecule has 120 valence electrons. The van der Waals surface area contributed by atoms with Gasteiger partial charge in [-0.3, -0.25) is 0 Å². The average molecular weight is 312 g/mol. The smallest absolute Gasteiger partial charge is 0.407 e. The number of amides is 1. The second-order valence-electron chi connectivity index (χ2n) is 6.60. The van der Waals surface area contributed by atoms with Crippen molar-refractivity contribution in [2.24, 2.45) is 11.8 Å². The van der Waals surface area contributed by atoms with Gasteiger partial charge < -0.3 is 15.4 Å². The quantitative estimate of drug-likeness (QED) is 0.808. The van der Waals surface area contributed by atoms with Gasteiger partial charge in [0.25, 0.3) is 0 Å². The molecule has 4 nitrogen and oxygen atoms in total. The zero-order chi connectivity index (χ0) is 15.9. The fraction of sp³-hybridized carbons (Fsp3) is 0.688. The summed E-state index contributed by atoms with van der Waals surface area (Å²) < 4.78 is 5.26. The molecular weight excluding hydrogens is 284 g/mol. The molecule has 1 amide bonds. The van der Waals surface area contributed by atoms with Crippen molar-refractivity contribution in [2.75, 3.05) is 13.1 Å². The van der Waals surface area contributed by atoms with Crippen molar-refractivity contribution in [3.05, 3.63) is 22.4 Å². The molecule has 0 spiro atoms. The molecule has 1 rings (SSSR count). The molecule has 1 aromatic rings. The number of alkyl carbamates (subject to hydrolysis) is 1. The summed E-state index contributed by atoms with van der Waals surface area (Å²) in [5.41, 5.74) is -0.450. The van der Waals surface area contributed by atoms with Crippen molar-refractivity contribution in [3.8, 4) is 0 Å². The molecule has 0 saturated carbocycles. The maximum atomic E-state index is 11.7. The van der Waals surface area contributed by atoms with Crippen LogP contribution >= 0.6 is 11.3 Å². The minimum atomic E-state index is -0.450. The highest BCUT2D eigenvalue weighted by atomic mass is 32.1. The van der Waals surface area contributed by atoms with Crippen molar-refractivity contribution >= 4 is 17.4 Å². The fourth-order valence-corrected chi connectivity index (χ4v) is 2.54. The highest BCUT2D eigenvalue weighted by molar-refractivity contribution is 7.09. The van der Waals surface area contributed by atoms with Gasteiger partial charge in [-0.2, -0.15) is 0 Å². The van der Waals surface area contributed by atoms with Crippen LogP contribution in [0.15, 0.2) is 17.5 Å². The zero-order valence-electron chi connectivity index (χ0n) is 13.7. The topological polar surface area (TPSA) is 50.4 Å². The first kappa shape index (κ1) is 18.0. The van der Waals surface area contributed by atoms with E-state index in [1.54, 1.807) is 11.3 Å². The second-order valence-corrected chi connectivity index (χ2v) is 7.63. The van der Waals surface area contributed by atoms with Crippen LogP contribution in [0.5, 0.6) is 0 Å². The Morgan fingerprint density at radius 2 is 2.05 bits per heavy atom. The number of carbonyl (C=O) groups is 1. The molecule has 0 aromatic carbocycles. The maximum absolute atomic E-state index is 11.7. The lowest BCUT2D eigenvalue weighted by atomic mass is 9.96. The molecule has 1 aromatic heterocycles. The van der Waals surface area contributed by atoms with Crippen molar-refractivity contribution < 1.29 is 9.53 Å². The van der Waals surface area contributed by atoms with Crippen LogP contribution in [0.4, 0.5) is 4.79 Å². The predicted molar refractivity (Wildman–Crippen MR) is 88.6 cm³/mol. The van der Waals surface area contributed by atoms with Crippen LogP contribution in [0, 0.1) is 11.8 Å². The van der Waals surface area contributed by atoms with Gasteiger partial charge in [0.05, 0.1) is 0 Å². The van der Waals surface area contributed by atoms with E-state index in [9.17, 15) is 4.79 Å². The van der Waals surface area contributed by atoms with Gasteiger partial charge in [-0.1, -0.05) is 19.9 Å². The van der Waals surface area contributed by atoms with Crippen molar-refractivity contribution in [2.45, 2.75) is 46.8 Å². The zero-order valence-corrected chi connectivity index (χ0v) is 14.5. The van der Waals surface area contributed by atoms with Crippen LogP contribution in [0.2, 0.25) is 0 Å². The molecule has 1 heterocycles. The van der Waals surface area contributed by atoms with Gasteiger partial charge in [0.15, 0.2) is 0 Å². The third-order valence-electron chi connectivity index (χ3n) is 3.14. The molecule has 0 aliphatic heterocycles. The summed E-state index contributed by atoms with van der Waals surface area (Å²) in [6, 6.07) is 4.19. The molecule has 0 aliphatic rings. The Kier molecular flexibility index (Phi) is 7.18. The van der Waals surface area contributed by atoms with E-state index in [0.717, 1.165) is 13.1 Å². The lowest BCUT2D eigenvalue weighted by Crippen LogP contribution is -2.39. The SMILES string of the molecule is CC(C)C(CNCc1cccs1)CNC(=O)OC(C)(C)C. The number of thiophene rings is 1. The number of rotatable bonds is 7. The highest BCUT2D eigenvalue weighted by Crippen LogP contribution is 2.12. The minimum Gasteiger partial charge on any atom is -0.444 e. The first-order valence-electron chi connectivity index (χ1n) is 7.48. The van der Waals surface area contributed by atoms with Crippen LogP contribution in [0.3, 0.4) is 0 Å². The fourth-order valence-electron chi connectivity index (χ4n) is 1.87. The van der Waals surface area contributed by atoms with Crippen molar-refractivity contribution in [1.82, 2.24) is 10.6 Å². The predicted octanol–water partition coefficient (Wildman–Crippen LogP) is 3.63. The average Bonchev–Trinajstić information content (AvgIpc) is 2.83. The molecule has 0 aliphatic carbocycles. The van der Waals surface area contributed by atoms with E-state index in [1.807, 2.05) is 20.8 Å². The molecule has 0 fully saturated rings. The molecule has 1 unspecified atom stereocenters. The Balaban J connectivity index is 2.31. The van der Waals surface area contributed by atoms with E-state index in [-0.39, 0.29) is 6.09 Å². The van der Waals surface area contributed by atoms with Gasteiger partial charge >= 0.3 is 6.09 Å². The Hall–Kier alpha value is -1.07. The number of ether oxygens (including phenoxy) is 1. The van der Waals surface area contributed by atoms with Crippen LogP contribution in [-0.4, -0.2) is 24.8 Å². The van der Waals surface area contributed by atoms with E-state index < -0.39 is 5.60 Å². The van der Waals surface area contributed by atoms with E-state index in [4.69, 9.17) is 4.74 Å². The van der Waals surface area contributed by atoms with Gasteiger partial charge in [0, 0.05) is 24.5 Å². The summed E-state index contributed by atoms with van der Waals surface area (Å²) >= 11 is 1.76. The first-order chi connectivity index (χ1) is 9.78. The van der Waals surface area contributed by atoms with Crippen LogP contribution in [-0.2, 0) is 11.3 Å². The third kappa shape index (κ3) is 8.07. The number of carbonyl (C=O) groups excluding carboxylic acids is 1. The van der Waals surface area contributed by atoms with Gasteiger partial charge in [-0.15, -0.1) is 11.3 Å². The molecule has 21 heavy (non-hydrogen) atoms. The normalized spacial score (nSPS) is 13.2. The van der Waals surface area contributed by atoms with Crippen molar-refractivity contribution in [1.29, 1.82) is 0 Å². The van der Waals surface area contributed by atoms with E-state index in [0.29, 0.717) is 18.4 Å². The number of nitrogens with one attached hydrogen (secondary N) is 2. The Morgan fingerprint density at radius 3 is 2.57 bits per heavy atom. The second kappa shape index (κ2) is 8.39. The lowest BCUT2D eigenvalue weighted by Gasteiger charge is -2.24. The Morgan fingerprint density at radius 1 is 1.33 bits per heavy atom. The molecule has 1 atom stereocenters. The molecular formula is C16H28N2O2S. The summed E-state index contributed by atoms with van der Waals surface area (Å²) in [6.45, 7) is 12.4. The Labute approximate surface area is 132 Å². The lowest BCUT2D eigenvalue weighted by molar-refractivity contribution is 0.0515. The standard InChI is InChI=1S/C16H28N2O2S/c1-12(2)13(9-17-11-14-7-6-8-21-14)10-18-15(19)20-16(3,4)5/h6-8,12-13,17H,9-11H2,1-5H3,(H,18,19). The summed E-state index contributed by atoms with van der Waals surface area (Å²) in [5, 5.41) is 8.41. The molecule has 2 N–H and O–H groups in total. The first-order valence-corrected chi connectivity index (χ1v) is 8.36. The van der Waals surface area contributed by atoms with Crippen molar-refractivity contribution in [3.63, 3.8) is 0 Å². The summed E-state index contributed by atoms with van der Waals surface area (Å²) in [5.74, 6) is 0.883. The van der Waals surface area contributed by atoms with Crippen LogP contribution in [0.25, 0.3) is 0 Å². The summed E-state index contributed by atoms with van der Waals surface area (Å²) in [6.07, 6.45) is -0.341. The summed E-state index contributed by atoms with van der Waals surface area (Å²) in [4.78, 5) is 13.0. The van der Waals surface area contributed by atoms with E-state index >= 15 is 0 Å².